The third-order valence-electron chi connectivity index (χ3n) is 5.41. The zero-order valence-corrected chi connectivity index (χ0v) is 18.1. The molecule has 2 aliphatic rings. The number of nitrogens with one attached hydrogen (secondary N) is 2. The zero-order valence-electron chi connectivity index (χ0n) is 17.4. The summed E-state index contributed by atoms with van der Waals surface area (Å²) in [5.41, 5.74) is 1.76. The Morgan fingerprint density at radius 2 is 1.90 bits per heavy atom. The smallest absolute Gasteiger partial charge is 0.291 e. The molecule has 8 heteroatoms. The Morgan fingerprint density at radius 3 is 2.65 bits per heavy atom. The number of hydrogen-bond acceptors (Lipinski definition) is 5. The average molecular weight is 441 g/mol. The lowest BCUT2D eigenvalue weighted by atomic mass is 10.1. The van der Waals surface area contributed by atoms with E-state index in [4.69, 9.17) is 16.3 Å². The van der Waals surface area contributed by atoms with Gasteiger partial charge in [0.1, 0.15) is 0 Å². The molecule has 1 fully saturated rings. The van der Waals surface area contributed by atoms with Crippen LogP contribution >= 0.6 is 11.6 Å². The van der Waals surface area contributed by atoms with E-state index in [1.54, 1.807) is 48.5 Å². The van der Waals surface area contributed by atoms with Gasteiger partial charge in [0.05, 0.1) is 5.69 Å². The number of anilines is 1. The second-order valence-corrected chi connectivity index (χ2v) is 8.16. The highest BCUT2D eigenvalue weighted by atomic mass is 35.5. The van der Waals surface area contributed by atoms with Gasteiger partial charge in [-0.05, 0) is 49.0 Å². The first kappa shape index (κ1) is 21.4. The molecule has 0 radical (unpaired) electrons. The summed E-state index contributed by atoms with van der Waals surface area (Å²) in [6.07, 6.45) is 1.65. The summed E-state index contributed by atoms with van der Waals surface area (Å²) in [5.74, 6) is 0.136. The van der Waals surface area contributed by atoms with E-state index in [2.05, 4.69) is 27.5 Å². The molecule has 2 aromatic rings. The number of halogens is 1. The number of carbonyl (C=O) groups excluding carboxylic acids is 2. The fraction of sp³-hybridized carbons (Fsp3) is 0.304. The zero-order chi connectivity index (χ0) is 21.8. The molecule has 0 aliphatic carbocycles. The van der Waals surface area contributed by atoms with Gasteiger partial charge in [-0.15, -0.1) is 0 Å². The average Bonchev–Trinajstić information content (AvgIpc) is 2.77. The Hall–Kier alpha value is -2.87. The standard InChI is InChI=1S/C23H25ClN4O3/c1-27-10-12-28(13-11-27)9-8-25-22(29)17-4-7-20-19(15-17)26-23(30)21(31-20)14-16-2-5-18(24)6-3-16/h2-7,14-15H,8-13H2,1H3,(H,25,29)(H,26,30). The first-order valence-electron chi connectivity index (χ1n) is 10.3. The lowest BCUT2D eigenvalue weighted by Gasteiger charge is -2.32. The fourth-order valence-electron chi connectivity index (χ4n) is 3.51. The van der Waals surface area contributed by atoms with Crippen LogP contribution in [0.4, 0.5) is 5.69 Å². The number of fused-ring (bicyclic) bond motifs is 1. The lowest BCUT2D eigenvalue weighted by Crippen LogP contribution is -2.46. The van der Waals surface area contributed by atoms with Gasteiger partial charge in [-0.1, -0.05) is 23.7 Å². The molecule has 162 valence electrons. The molecule has 1 saturated heterocycles. The molecule has 2 amide bonds. The summed E-state index contributed by atoms with van der Waals surface area (Å²) in [7, 11) is 2.12. The van der Waals surface area contributed by atoms with Crippen molar-refractivity contribution in [3.8, 4) is 5.75 Å². The molecule has 2 N–H and O–H groups in total. The Balaban J connectivity index is 1.36. The summed E-state index contributed by atoms with van der Waals surface area (Å²) in [5, 5.41) is 6.37. The van der Waals surface area contributed by atoms with Crippen LogP contribution in [0.3, 0.4) is 0 Å². The van der Waals surface area contributed by atoms with Gasteiger partial charge in [0.25, 0.3) is 11.8 Å². The van der Waals surface area contributed by atoms with E-state index in [-0.39, 0.29) is 17.6 Å². The summed E-state index contributed by atoms with van der Waals surface area (Å²) in [6, 6.07) is 12.1. The van der Waals surface area contributed by atoms with Crippen molar-refractivity contribution in [1.82, 2.24) is 15.1 Å². The first-order valence-corrected chi connectivity index (χ1v) is 10.7. The van der Waals surface area contributed by atoms with Gasteiger partial charge >= 0.3 is 0 Å². The monoisotopic (exact) mass is 440 g/mol. The van der Waals surface area contributed by atoms with Crippen LogP contribution in [0.25, 0.3) is 6.08 Å². The van der Waals surface area contributed by atoms with Gasteiger partial charge in [-0.3, -0.25) is 14.5 Å². The second kappa shape index (κ2) is 9.51. The molecule has 2 aromatic carbocycles. The van der Waals surface area contributed by atoms with Crippen LogP contribution in [-0.4, -0.2) is 67.9 Å². The predicted molar refractivity (Wildman–Crippen MR) is 121 cm³/mol. The summed E-state index contributed by atoms with van der Waals surface area (Å²) in [6.45, 7) is 5.53. The highest BCUT2D eigenvalue weighted by Crippen LogP contribution is 2.32. The van der Waals surface area contributed by atoms with Crippen LogP contribution in [0.1, 0.15) is 15.9 Å². The molecule has 0 saturated carbocycles. The lowest BCUT2D eigenvalue weighted by molar-refractivity contribution is -0.115. The maximum atomic E-state index is 12.5. The molecular formula is C23H25ClN4O3. The number of benzene rings is 2. The molecule has 7 nitrogen and oxygen atoms in total. The molecular weight excluding hydrogens is 416 g/mol. The highest BCUT2D eigenvalue weighted by Gasteiger charge is 2.23. The number of rotatable bonds is 5. The minimum absolute atomic E-state index is 0.173. The van der Waals surface area contributed by atoms with Crippen molar-refractivity contribution in [3.05, 3.63) is 64.4 Å². The molecule has 2 aliphatic heterocycles. The number of carbonyl (C=O) groups is 2. The van der Waals surface area contributed by atoms with Gasteiger partial charge in [0.15, 0.2) is 11.5 Å². The summed E-state index contributed by atoms with van der Waals surface area (Å²) < 4.78 is 5.76. The molecule has 0 aromatic heterocycles. The maximum absolute atomic E-state index is 12.5. The van der Waals surface area contributed by atoms with Gasteiger partial charge in [0, 0.05) is 49.9 Å². The van der Waals surface area contributed by atoms with E-state index in [0.29, 0.717) is 28.6 Å². The maximum Gasteiger partial charge on any atom is 0.291 e. The van der Waals surface area contributed by atoms with E-state index >= 15 is 0 Å². The third-order valence-corrected chi connectivity index (χ3v) is 5.66. The van der Waals surface area contributed by atoms with E-state index in [0.717, 1.165) is 38.3 Å². The summed E-state index contributed by atoms with van der Waals surface area (Å²) >= 11 is 5.90. The number of nitrogens with zero attached hydrogens (tertiary/aromatic N) is 2. The molecule has 0 spiro atoms. The van der Waals surface area contributed by atoms with Crippen molar-refractivity contribution in [2.75, 3.05) is 51.6 Å². The largest absolute Gasteiger partial charge is 0.449 e. The highest BCUT2D eigenvalue weighted by molar-refractivity contribution is 6.30. The molecule has 0 atom stereocenters. The predicted octanol–water partition coefficient (Wildman–Crippen LogP) is 2.69. The van der Waals surface area contributed by atoms with Crippen LogP contribution in [0.2, 0.25) is 5.02 Å². The van der Waals surface area contributed by atoms with E-state index in [9.17, 15) is 9.59 Å². The minimum atomic E-state index is -0.366. The second-order valence-electron chi connectivity index (χ2n) is 7.73. The molecule has 4 rings (SSSR count). The van der Waals surface area contributed by atoms with Gasteiger partial charge in [-0.2, -0.15) is 0 Å². The van der Waals surface area contributed by atoms with Crippen molar-refractivity contribution >= 4 is 35.2 Å². The summed E-state index contributed by atoms with van der Waals surface area (Å²) in [4.78, 5) is 29.6. The van der Waals surface area contributed by atoms with Gasteiger partial charge in [-0.25, -0.2) is 0 Å². The number of amides is 2. The van der Waals surface area contributed by atoms with Crippen molar-refractivity contribution in [2.45, 2.75) is 0 Å². The van der Waals surface area contributed by atoms with Crippen LogP contribution in [0.15, 0.2) is 48.2 Å². The van der Waals surface area contributed by atoms with Crippen molar-refractivity contribution in [2.24, 2.45) is 0 Å². The Kier molecular flexibility index (Phi) is 6.56. The van der Waals surface area contributed by atoms with Crippen LogP contribution in [0.5, 0.6) is 5.75 Å². The number of hydrogen-bond donors (Lipinski definition) is 2. The Morgan fingerprint density at radius 1 is 1.16 bits per heavy atom. The van der Waals surface area contributed by atoms with Crippen LogP contribution in [-0.2, 0) is 4.79 Å². The molecule has 31 heavy (non-hydrogen) atoms. The van der Waals surface area contributed by atoms with Crippen molar-refractivity contribution in [1.29, 1.82) is 0 Å². The molecule has 0 unspecified atom stereocenters. The molecule has 2 heterocycles. The first-order chi connectivity index (χ1) is 15.0. The van der Waals surface area contributed by atoms with Gasteiger partial charge < -0.3 is 20.3 Å². The number of ether oxygens (including phenoxy) is 1. The van der Waals surface area contributed by atoms with Crippen LogP contribution < -0.4 is 15.4 Å². The fourth-order valence-corrected chi connectivity index (χ4v) is 3.64. The van der Waals surface area contributed by atoms with E-state index in [1.807, 2.05) is 0 Å². The van der Waals surface area contributed by atoms with E-state index < -0.39 is 0 Å². The quantitative estimate of drug-likeness (QED) is 0.699. The number of piperazine rings is 1. The normalized spacial score (nSPS) is 18.3. The molecule has 0 bridgehead atoms. The minimum Gasteiger partial charge on any atom is -0.449 e. The van der Waals surface area contributed by atoms with E-state index in [1.165, 1.54) is 0 Å². The third kappa shape index (κ3) is 5.44. The van der Waals surface area contributed by atoms with Crippen molar-refractivity contribution in [3.63, 3.8) is 0 Å². The SMILES string of the molecule is CN1CCN(CCNC(=O)c2ccc3c(c2)NC(=O)C(=Cc2ccc(Cl)cc2)O3)CC1. The van der Waals surface area contributed by atoms with Crippen molar-refractivity contribution < 1.29 is 14.3 Å². The van der Waals surface area contributed by atoms with Gasteiger partial charge in [0.2, 0.25) is 0 Å². The Labute approximate surface area is 186 Å². The number of likely N-dealkylation sites (N-methyl/N-ethyl adjacent to an activating group) is 1. The topological polar surface area (TPSA) is 73.9 Å². The Bertz CT molecular complexity index is 998. The van der Waals surface area contributed by atoms with Crippen LogP contribution in [0, 0.1) is 0 Å².